The van der Waals surface area contributed by atoms with Crippen molar-refractivity contribution in [1.82, 2.24) is 0 Å². The molecule has 0 radical (unpaired) electrons. The van der Waals surface area contributed by atoms with Gasteiger partial charge in [0.2, 0.25) is 0 Å². The van der Waals surface area contributed by atoms with E-state index in [2.05, 4.69) is 42.4 Å². The minimum absolute atomic E-state index is 0.0323. The smallest absolute Gasteiger partial charge is 0.143 e. The molecule has 0 N–H and O–H groups in total. The van der Waals surface area contributed by atoms with Crippen molar-refractivity contribution >= 4 is 5.71 Å². The van der Waals surface area contributed by atoms with Crippen molar-refractivity contribution in [2.45, 2.75) is 44.1 Å². The number of hydrogen-bond acceptors (Lipinski definition) is 2. The monoisotopic (exact) mass is 215 g/mol. The van der Waals surface area contributed by atoms with E-state index in [4.69, 9.17) is 4.84 Å². The minimum atomic E-state index is 0.0323. The third-order valence-electron chi connectivity index (χ3n) is 3.81. The summed E-state index contributed by atoms with van der Waals surface area (Å²) in [5, 5.41) is 4.12. The van der Waals surface area contributed by atoms with Crippen molar-refractivity contribution in [3.8, 4) is 0 Å². The molecule has 1 heterocycles. The van der Waals surface area contributed by atoms with E-state index in [1.54, 1.807) is 0 Å². The first-order chi connectivity index (χ1) is 7.77. The predicted molar refractivity (Wildman–Crippen MR) is 64.6 cm³/mol. The summed E-state index contributed by atoms with van der Waals surface area (Å²) in [6.45, 7) is 2.06. The molecule has 0 aromatic heterocycles. The van der Waals surface area contributed by atoms with E-state index < -0.39 is 0 Å². The quantitative estimate of drug-likeness (QED) is 0.702. The lowest BCUT2D eigenvalue weighted by atomic mass is 9.92. The summed E-state index contributed by atoms with van der Waals surface area (Å²) < 4.78 is 0. The molecule has 2 aliphatic rings. The zero-order valence-electron chi connectivity index (χ0n) is 9.65. The zero-order chi connectivity index (χ0) is 11.0. The van der Waals surface area contributed by atoms with Crippen LogP contribution in [-0.2, 0) is 4.84 Å². The lowest BCUT2D eigenvalue weighted by Gasteiger charge is -2.20. The number of hydrogen-bond donors (Lipinski definition) is 0. The van der Waals surface area contributed by atoms with Gasteiger partial charge in [-0.05, 0) is 37.7 Å². The van der Waals surface area contributed by atoms with Gasteiger partial charge in [-0.15, -0.1) is 0 Å². The number of oxime groups is 1. The standard InChI is InChI=1S/C14H17NO/c1-11-9-14(16-15-11)8-7-13(10-14)12-5-3-2-4-6-12/h2-6,13H,7-10H2,1H3. The van der Waals surface area contributed by atoms with Gasteiger partial charge in [0.05, 0.1) is 5.71 Å². The van der Waals surface area contributed by atoms with Gasteiger partial charge in [0.1, 0.15) is 5.60 Å². The van der Waals surface area contributed by atoms with Crippen molar-refractivity contribution in [2.75, 3.05) is 0 Å². The van der Waals surface area contributed by atoms with Crippen LogP contribution < -0.4 is 0 Å². The van der Waals surface area contributed by atoms with Crippen LogP contribution in [0.2, 0.25) is 0 Å². The summed E-state index contributed by atoms with van der Waals surface area (Å²) in [4.78, 5) is 5.65. The van der Waals surface area contributed by atoms with E-state index in [0.717, 1.165) is 25.0 Å². The first-order valence-electron chi connectivity index (χ1n) is 6.04. The highest BCUT2D eigenvalue weighted by Crippen LogP contribution is 2.47. The average molecular weight is 215 g/mol. The van der Waals surface area contributed by atoms with Gasteiger partial charge < -0.3 is 4.84 Å². The molecule has 1 aliphatic carbocycles. The van der Waals surface area contributed by atoms with Crippen LogP contribution in [0.4, 0.5) is 0 Å². The molecule has 0 amide bonds. The molecule has 2 atom stereocenters. The van der Waals surface area contributed by atoms with Gasteiger partial charge in [-0.25, -0.2) is 0 Å². The topological polar surface area (TPSA) is 21.6 Å². The fourth-order valence-corrected chi connectivity index (χ4v) is 3.05. The van der Waals surface area contributed by atoms with E-state index in [0.29, 0.717) is 5.92 Å². The molecular weight excluding hydrogens is 198 g/mol. The highest BCUT2D eigenvalue weighted by atomic mass is 16.7. The molecule has 3 rings (SSSR count). The van der Waals surface area contributed by atoms with Crippen molar-refractivity contribution in [3.05, 3.63) is 35.9 Å². The second-order valence-electron chi connectivity index (χ2n) is 5.13. The maximum atomic E-state index is 5.65. The lowest BCUT2D eigenvalue weighted by Crippen LogP contribution is -2.24. The predicted octanol–water partition coefficient (Wildman–Crippen LogP) is 3.49. The molecule has 1 aromatic rings. The van der Waals surface area contributed by atoms with Gasteiger partial charge in [-0.1, -0.05) is 35.5 Å². The largest absolute Gasteiger partial charge is 0.389 e. The molecule has 2 nitrogen and oxygen atoms in total. The van der Waals surface area contributed by atoms with E-state index in [-0.39, 0.29) is 5.60 Å². The molecule has 0 bridgehead atoms. The van der Waals surface area contributed by atoms with Crippen molar-refractivity contribution < 1.29 is 4.84 Å². The van der Waals surface area contributed by atoms with E-state index in [1.807, 2.05) is 0 Å². The van der Waals surface area contributed by atoms with Crippen LogP contribution in [0.5, 0.6) is 0 Å². The Labute approximate surface area is 96.3 Å². The van der Waals surface area contributed by atoms with E-state index >= 15 is 0 Å². The van der Waals surface area contributed by atoms with Crippen LogP contribution in [0, 0.1) is 0 Å². The molecule has 16 heavy (non-hydrogen) atoms. The average Bonchev–Trinajstić information content (AvgIpc) is 2.88. The van der Waals surface area contributed by atoms with Crippen LogP contribution in [0.1, 0.15) is 44.1 Å². The summed E-state index contributed by atoms with van der Waals surface area (Å²) in [6, 6.07) is 10.8. The van der Waals surface area contributed by atoms with Gasteiger partial charge in [0, 0.05) is 6.42 Å². The number of benzene rings is 1. The van der Waals surface area contributed by atoms with Gasteiger partial charge in [0.15, 0.2) is 0 Å². The molecule has 2 heteroatoms. The second kappa shape index (κ2) is 3.62. The molecule has 1 fully saturated rings. The molecule has 1 spiro atoms. The molecule has 1 aliphatic heterocycles. The fourth-order valence-electron chi connectivity index (χ4n) is 3.05. The Hall–Kier alpha value is -1.31. The molecule has 84 valence electrons. The third kappa shape index (κ3) is 1.62. The van der Waals surface area contributed by atoms with Crippen molar-refractivity contribution in [2.24, 2.45) is 5.16 Å². The normalized spacial score (nSPS) is 32.8. The fraction of sp³-hybridized carbons (Fsp3) is 0.500. The molecule has 1 saturated carbocycles. The summed E-state index contributed by atoms with van der Waals surface area (Å²) >= 11 is 0. The summed E-state index contributed by atoms with van der Waals surface area (Å²) in [5.41, 5.74) is 2.63. The van der Waals surface area contributed by atoms with Crippen LogP contribution >= 0.6 is 0 Å². The maximum Gasteiger partial charge on any atom is 0.143 e. The minimum Gasteiger partial charge on any atom is -0.389 e. The third-order valence-corrected chi connectivity index (χ3v) is 3.81. The summed E-state index contributed by atoms with van der Waals surface area (Å²) in [7, 11) is 0. The first-order valence-corrected chi connectivity index (χ1v) is 6.04. The van der Waals surface area contributed by atoms with Gasteiger partial charge in [-0.3, -0.25) is 0 Å². The highest BCUT2D eigenvalue weighted by Gasteiger charge is 2.45. The van der Waals surface area contributed by atoms with Gasteiger partial charge >= 0.3 is 0 Å². The van der Waals surface area contributed by atoms with E-state index in [9.17, 15) is 0 Å². The Balaban J connectivity index is 1.75. The first kappa shape index (κ1) is 9.88. The summed E-state index contributed by atoms with van der Waals surface area (Å²) in [6.07, 6.45) is 4.52. The Morgan fingerprint density at radius 3 is 2.81 bits per heavy atom. The van der Waals surface area contributed by atoms with Crippen molar-refractivity contribution in [3.63, 3.8) is 0 Å². The van der Waals surface area contributed by atoms with Crippen LogP contribution in [0.25, 0.3) is 0 Å². The number of nitrogens with zero attached hydrogens (tertiary/aromatic N) is 1. The Bertz CT molecular complexity index is 412. The summed E-state index contributed by atoms with van der Waals surface area (Å²) in [5.74, 6) is 0.655. The Kier molecular flexibility index (Phi) is 2.23. The molecule has 0 saturated heterocycles. The maximum absolute atomic E-state index is 5.65. The SMILES string of the molecule is CC1=NOC2(CCC(c3ccccc3)C2)C1. The molecule has 1 aromatic carbocycles. The van der Waals surface area contributed by atoms with Crippen molar-refractivity contribution in [1.29, 1.82) is 0 Å². The van der Waals surface area contributed by atoms with Gasteiger partial charge in [-0.2, -0.15) is 0 Å². The van der Waals surface area contributed by atoms with Crippen LogP contribution in [0.15, 0.2) is 35.5 Å². The molecule has 2 unspecified atom stereocenters. The highest BCUT2D eigenvalue weighted by molar-refractivity contribution is 5.83. The zero-order valence-corrected chi connectivity index (χ0v) is 9.65. The Morgan fingerprint density at radius 1 is 1.31 bits per heavy atom. The number of rotatable bonds is 1. The Morgan fingerprint density at radius 2 is 2.12 bits per heavy atom. The van der Waals surface area contributed by atoms with Crippen LogP contribution in [0.3, 0.4) is 0 Å². The second-order valence-corrected chi connectivity index (χ2v) is 5.13. The molecular formula is C14H17NO. The lowest BCUT2D eigenvalue weighted by molar-refractivity contribution is -0.0137. The van der Waals surface area contributed by atoms with Gasteiger partial charge in [0.25, 0.3) is 0 Å². The van der Waals surface area contributed by atoms with Crippen LogP contribution in [-0.4, -0.2) is 11.3 Å². The van der Waals surface area contributed by atoms with E-state index in [1.165, 1.54) is 12.0 Å².